The van der Waals surface area contributed by atoms with Gasteiger partial charge in [-0.3, -0.25) is 0 Å². The van der Waals surface area contributed by atoms with Gasteiger partial charge in [-0.1, -0.05) is 0 Å². The van der Waals surface area contributed by atoms with Gasteiger partial charge in [-0.05, 0) is 0 Å². The topological polar surface area (TPSA) is 9.23 Å². The van der Waals surface area contributed by atoms with E-state index in [0.29, 0.717) is 0 Å². The molecular formula is C21H36OSn. The number of unbranched alkanes of at least 4 members (excludes halogenated alkanes) is 3. The number of hydrogen-bond acceptors (Lipinski definition) is 1. The molecule has 0 unspecified atom stereocenters. The third-order valence-corrected chi connectivity index (χ3v) is 18.9. The van der Waals surface area contributed by atoms with E-state index in [4.69, 9.17) is 4.74 Å². The van der Waals surface area contributed by atoms with Crippen LogP contribution in [0.1, 0.15) is 64.9 Å². The first-order valence-corrected chi connectivity index (χ1v) is 17.2. The summed E-state index contributed by atoms with van der Waals surface area (Å²) in [5.41, 5.74) is 1.25. The van der Waals surface area contributed by atoms with E-state index in [1.165, 1.54) is 57.4 Å². The van der Waals surface area contributed by atoms with Crippen molar-refractivity contribution in [2.24, 2.45) is 0 Å². The van der Waals surface area contributed by atoms with Gasteiger partial charge in [0.25, 0.3) is 0 Å². The number of para-hydroxylation sites is 1. The van der Waals surface area contributed by atoms with Crippen molar-refractivity contribution in [3.63, 3.8) is 0 Å². The Labute approximate surface area is 148 Å². The van der Waals surface area contributed by atoms with E-state index in [-0.39, 0.29) is 0 Å². The molecule has 0 saturated heterocycles. The Hall–Kier alpha value is -0.441. The van der Waals surface area contributed by atoms with Crippen molar-refractivity contribution in [1.82, 2.24) is 0 Å². The summed E-state index contributed by atoms with van der Waals surface area (Å²) in [5.74, 6) is 1.01. The molecule has 0 amide bonds. The second kappa shape index (κ2) is 12.0. The van der Waals surface area contributed by atoms with Gasteiger partial charge >= 0.3 is 149 Å². The molecule has 2 heteroatoms. The van der Waals surface area contributed by atoms with Crippen molar-refractivity contribution in [3.05, 3.63) is 33.9 Å². The van der Waals surface area contributed by atoms with Crippen LogP contribution in [0, 0.1) is 0 Å². The van der Waals surface area contributed by atoms with Gasteiger partial charge in [0.1, 0.15) is 0 Å². The molecule has 0 radical (unpaired) electrons. The number of rotatable bonds is 12. The Morgan fingerprint density at radius 2 is 1.39 bits per heavy atom. The zero-order chi connectivity index (χ0) is 17.0. The first-order valence-electron chi connectivity index (χ1n) is 9.53. The summed E-state index contributed by atoms with van der Waals surface area (Å²) in [6, 6.07) is 8.42. The Morgan fingerprint density at radius 1 is 0.870 bits per heavy atom. The van der Waals surface area contributed by atoms with Crippen molar-refractivity contribution >= 4 is 24.5 Å². The second-order valence-corrected chi connectivity index (χ2v) is 19.8. The van der Waals surface area contributed by atoms with Crippen LogP contribution in [0.4, 0.5) is 0 Å². The Kier molecular flexibility index (Phi) is 10.7. The molecule has 0 spiro atoms. The average molecular weight is 423 g/mol. The minimum absolute atomic E-state index is 1.01. The summed E-state index contributed by atoms with van der Waals surface area (Å²) in [6.45, 7) is 7.00. The molecule has 130 valence electrons. The predicted octanol–water partition coefficient (Wildman–Crippen LogP) is 7.10. The van der Waals surface area contributed by atoms with Gasteiger partial charge in [0.05, 0.1) is 0 Å². The molecule has 23 heavy (non-hydrogen) atoms. The van der Waals surface area contributed by atoms with Gasteiger partial charge in [-0.2, -0.15) is 0 Å². The molecule has 0 aliphatic rings. The molecule has 0 bridgehead atoms. The van der Waals surface area contributed by atoms with E-state index < -0.39 is 18.4 Å². The van der Waals surface area contributed by atoms with Crippen LogP contribution in [-0.2, 0) is 0 Å². The Balaban J connectivity index is 3.01. The molecule has 1 aromatic rings. The quantitative estimate of drug-likeness (QED) is 0.326. The molecular weight excluding hydrogens is 387 g/mol. The number of hydrogen-bond donors (Lipinski definition) is 0. The maximum atomic E-state index is 5.53. The molecule has 0 N–H and O–H groups in total. The van der Waals surface area contributed by atoms with Gasteiger partial charge in [0.15, 0.2) is 0 Å². The van der Waals surface area contributed by atoms with Crippen molar-refractivity contribution in [3.8, 4) is 5.75 Å². The Bertz CT molecular complexity index is 431. The summed E-state index contributed by atoms with van der Waals surface area (Å²) in [5, 5.41) is 0. The van der Waals surface area contributed by atoms with Crippen LogP contribution in [0.3, 0.4) is 0 Å². The number of benzene rings is 1. The molecule has 1 rings (SSSR count). The van der Waals surface area contributed by atoms with Crippen LogP contribution in [0.2, 0.25) is 13.3 Å². The molecule has 0 heterocycles. The van der Waals surface area contributed by atoms with Crippen LogP contribution in [0.15, 0.2) is 28.4 Å². The van der Waals surface area contributed by atoms with E-state index in [0.717, 1.165) is 5.75 Å². The molecule has 1 nitrogen and oxygen atoms in total. The summed E-state index contributed by atoms with van der Waals surface area (Å²) in [7, 11) is 1.77. The van der Waals surface area contributed by atoms with Crippen LogP contribution in [-0.4, -0.2) is 25.5 Å². The fourth-order valence-corrected chi connectivity index (χ4v) is 17.4. The molecule has 0 aromatic heterocycles. The maximum absolute atomic E-state index is 5.53. The first kappa shape index (κ1) is 20.6. The van der Waals surface area contributed by atoms with Gasteiger partial charge in [-0.15, -0.1) is 0 Å². The normalized spacial score (nSPS) is 12.0. The number of methoxy groups -OCH3 is 1. The first-order chi connectivity index (χ1) is 11.2. The SMILES string of the molecule is CCC[CH2][Sn](/[CH]=C/c1ccccc1OC)([CH2]CCC)[CH2]CCC. The minimum atomic E-state index is -2.17. The van der Waals surface area contributed by atoms with Crippen LogP contribution in [0.5, 0.6) is 5.75 Å². The molecule has 0 saturated carbocycles. The Morgan fingerprint density at radius 3 is 1.87 bits per heavy atom. The van der Waals surface area contributed by atoms with Crippen molar-refractivity contribution in [1.29, 1.82) is 0 Å². The van der Waals surface area contributed by atoms with Crippen LogP contribution in [0.25, 0.3) is 6.08 Å². The van der Waals surface area contributed by atoms with Crippen molar-refractivity contribution in [2.45, 2.75) is 72.6 Å². The van der Waals surface area contributed by atoms with Crippen molar-refractivity contribution in [2.75, 3.05) is 7.11 Å². The average Bonchev–Trinajstić information content (AvgIpc) is 2.60. The van der Waals surface area contributed by atoms with Gasteiger partial charge in [0.2, 0.25) is 0 Å². The van der Waals surface area contributed by atoms with Crippen molar-refractivity contribution < 1.29 is 4.74 Å². The standard InChI is InChI=1S/C9H9O.3C4H9.Sn/c1-3-8-6-4-5-7-9(8)10-2;3*1-3-4-2;/h1,3-7H,2H3;3*1,3-4H2,2H3;. The molecule has 1 aromatic carbocycles. The van der Waals surface area contributed by atoms with E-state index >= 15 is 0 Å². The van der Waals surface area contributed by atoms with Gasteiger partial charge < -0.3 is 0 Å². The number of ether oxygens (including phenoxy) is 1. The monoisotopic (exact) mass is 424 g/mol. The van der Waals surface area contributed by atoms with Gasteiger partial charge in [0, 0.05) is 0 Å². The fourth-order valence-electron chi connectivity index (χ4n) is 3.28. The predicted molar refractivity (Wildman–Crippen MR) is 107 cm³/mol. The summed E-state index contributed by atoms with van der Waals surface area (Å²) in [6.07, 6.45) is 10.6. The van der Waals surface area contributed by atoms with E-state index in [1.54, 1.807) is 7.11 Å². The van der Waals surface area contributed by atoms with Gasteiger partial charge in [-0.25, -0.2) is 0 Å². The second-order valence-electron chi connectivity index (χ2n) is 6.75. The third kappa shape index (κ3) is 7.32. The fraction of sp³-hybridized carbons (Fsp3) is 0.619. The molecule has 0 aliphatic carbocycles. The molecule has 0 fully saturated rings. The molecule has 0 atom stereocenters. The van der Waals surface area contributed by atoms with E-state index in [2.05, 4.69) is 55.2 Å². The van der Waals surface area contributed by atoms with E-state index in [1.807, 2.05) is 0 Å². The molecule has 0 aliphatic heterocycles. The van der Waals surface area contributed by atoms with E-state index in [9.17, 15) is 0 Å². The van der Waals surface area contributed by atoms with Crippen LogP contribution >= 0.6 is 0 Å². The summed E-state index contributed by atoms with van der Waals surface area (Å²) < 4.78 is 12.8. The summed E-state index contributed by atoms with van der Waals surface area (Å²) >= 11 is -2.17. The third-order valence-electron chi connectivity index (χ3n) is 4.84. The summed E-state index contributed by atoms with van der Waals surface area (Å²) in [4.78, 5) is 0. The zero-order valence-corrected chi connectivity index (χ0v) is 18.6. The zero-order valence-electron chi connectivity index (χ0n) is 15.7. The van der Waals surface area contributed by atoms with Crippen LogP contribution < -0.4 is 4.74 Å².